The molecule has 1 aliphatic rings. The zero-order chi connectivity index (χ0) is 13.3. The van der Waals surface area contributed by atoms with Gasteiger partial charge in [-0.1, -0.05) is 6.07 Å². The topological polar surface area (TPSA) is 57.6 Å². The Bertz CT molecular complexity index is 530. The third kappa shape index (κ3) is 2.81. The van der Waals surface area contributed by atoms with Crippen LogP contribution in [-0.2, 0) is 9.84 Å². The lowest BCUT2D eigenvalue weighted by Gasteiger charge is -2.32. The van der Waals surface area contributed by atoms with E-state index in [4.69, 9.17) is 5.11 Å². The van der Waals surface area contributed by atoms with Crippen LogP contribution in [0.3, 0.4) is 0 Å². The number of phenols is 1. The van der Waals surface area contributed by atoms with Gasteiger partial charge in [-0.3, -0.25) is 4.90 Å². The number of nitrogens with zero attached hydrogens (tertiary/aromatic N) is 1. The highest BCUT2D eigenvalue weighted by atomic mass is 32.2. The maximum Gasteiger partial charge on any atom is 0.152 e. The summed E-state index contributed by atoms with van der Waals surface area (Å²) in [4.78, 5) is 1.94. The summed E-state index contributed by atoms with van der Waals surface area (Å²) in [5.41, 5.74) is 0.479. The molecule has 0 radical (unpaired) electrons. The Morgan fingerprint density at radius 2 is 1.94 bits per heavy atom. The number of aromatic hydroxyl groups is 1. The Morgan fingerprint density at radius 1 is 1.33 bits per heavy atom. The molecule has 1 aliphatic heterocycles. The Labute approximate surface area is 106 Å². The van der Waals surface area contributed by atoms with Crippen LogP contribution in [-0.4, -0.2) is 43.0 Å². The fourth-order valence-corrected chi connectivity index (χ4v) is 3.39. The van der Waals surface area contributed by atoms with Crippen LogP contribution in [0.1, 0.15) is 18.5 Å². The van der Waals surface area contributed by atoms with Gasteiger partial charge in [-0.15, -0.1) is 0 Å². The molecule has 0 aliphatic carbocycles. The number of hydrogen-bond acceptors (Lipinski definition) is 4. The molecule has 0 amide bonds. The highest BCUT2D eigenvalue weighted by Gasteiger charge is 2.26. The van der Waals surface area contributed by atoms with Crippen molar-refractivity contribution in [3.63, 3.8) is 0 Å². The van der Waals surface area contributed by atoms with Crippen molar-refractivity contribution in [2.24, 2.45) is 0 Å². The number of phenolic OH excluding ortho intramolecular Hbond substituents is 1. The highest BCUT2D eigenvalue weighted by Crippen LogP contribution is 2.26. The first-order chi connectivity index (χ1) is 8.39. The van der Waals surface area contributed by atoms with Crippen LogP contribution < -0.4 is 0 Å². The van der Waals surface area contributed by atoms with E-state index in [0.717, 1.165) is 6.07 Å². The Kier molecular flexibility index (Phi) is 3.59. The predicted octanol–water partition coefficient (Wildman–Crippen LogP) is 1.32. The van der Waals surface area contributed by atoms with E-state index in [1.54, 1.807) is 6.07 Å². The lowest BCUT2D eigenvalue weighted by molar-refractivity contribution is 0.224. The predicted molar refractivity (Wildman–Crippen MR) is 66.7 cm³/mol. The monoisotopic (exact) mass is 273 g/mol. The number of rotatable bonds is 2. The van der Waals surface area contributed by atoms with Crippen LogP contribution in [0.15, 0.2) is 18.2 Å². The van der Waals surface area contributed by atoms with Crippen molar-refractivity contribution in [1.29, 1.82) is 0 Å². The highest BCUT2D eigenvalue weighted by molar-refractivity contribution is 7.91. The largest absolute Gasteiger partial charge is 0.508 e. The summed E-state index contributed by atoms with van der Waals surface area (Å²) in [6.07, 6.45) is 0. The van der Waals surface area contributed by atoms with Crippen molar-refractivity contribution in [3.8, 4) is 5.75 Å². The summed E-state index contributed by atoms with van der Waals surface area (Å²) in [6, 6.07) is 3.86. The summed E-state index contributed by atoms with van der Waals surface area (Å²) in [5.74, 6) is -0.325. The summed E-state index contributed by atoms with van der Waals surface area (Å²) < 4.78 is 36.4. The normalized spacial score (nSPS) is 21.7. The van der Waals surface area contributed by atoms with E-state index in [1.165, 1.54) is 6.07 Å². The second kappa shape index (κ2) is 4.85. The molecule has 6 heteroatoms. The summed E-state index contributed by atoms with van der Waals surface area (Å²) in [7, 11) is -2.92. The zero-order valence-corrected chi connectivity index (χ0v) is 11.0. The number of benzene rings is 1. The second-order valence-corrected chi connectivity index (χ2v) is 6.87. The quantitative estimate of drug-likeness (QED) is 0.883. The lowest BCUT2D eigenvalue weighted by atomic mass is 10.1. The molecule has 1 atom stereocenters. The minimum atomic E-state index is -2.92. The molecular weight excluding hydrogens is 257 g/mol. The average molecular weight is 273 g/mol. The molecule has 1 heterocycles. The summed E-state index contributed by atoms with van der Waals surface area (Å²) in [6.45, 7) is 2.68. The van der Waals surface area contributed by atoms with Gasteiger partial charge >= 0.3 is 0 Å². The molecule has 1 fully saturated rings. The van der Waals surface area contributed by atoms with E-state index in [2.05, 4.69) is 0 Å². The van der Waals surface area contributed by atoms with Gasteiger partial charge in [0.2, 0.25) is 0 Å². The molecular formula is C12H16FNO3S. The van der Waals surface area contributed by atoms with Gasteiger partial charge in [0.1, 0.15) is 11.6 Å². The summed E-state index contributed by atoms with van der Waals surface area (Å²) >= 11 is 0. The fraction of sp³-hybridized carbons (Fsp3) is 0.500. The number of hydrogen-bond donors (Lipinski definition) is 1. The zero-order valence-electron chi connectivity index (χ0n) is 10.1. The van der Waals surface area contributed by atoms with Crippen molar-refractivity contribution in [3.05, 3.63) is 29.6 Å². The minimum absolute atomic E-state index is 0.107. The Morgan fingerprint density at radius 3 is 2.50 bits per heavy atom. The second-order valence-electron chi connectivity index (χ2n) is 4.57. The van der Waals surface area contributed by atoms with E-state index >= 15 is 0 Å². The molecule has 2 rings (SSSR count). The first kappa shape index (κ1) is 13.3. The van der Waals surface area contributed by atoms with Crippen LogP contribution in [0, 0.1) is 5.82 Å². The van der Waals surface area contributed by atoms with Crippen LogP contribution in [0.4, 0.5) is 4.39 Å². The number of halogens is 1. The van der Waals surface area contributed by atoms with Crippen molar-refractivity contribution in [2.45, 2.75) is 13.0 Å². The van der Waals surface area contributed by atoms with Gasteiger partial charge in [0.25, 0.3) is 0 Å². The molecule has 0 bridgehead atoms. The van der Waals surface area contributed by atoms with Gasteiger partial charge in [0, 0.05) is 30.8 Å². The SMILES string of the molecule is CC(c1ccc(O)cc1F)N1CCS(=O)(=O)CC1. The molecule has 0 spiro atoms. The Hall–Kier alpha value is -1.14. The van der Waals surface area contributed by atoms with Crippen LogP contribution in [0.2, 0.25) is 0 Å². The fourth-order valence-electron chi connectivity index (χ4n) is 2.17. The van der Waals surface area contributed by atoms with Crippen LogP contribution >= 0.6 is 0 Å². The third-order valence-corrected chi connectivity index (χ3v) is 4.97. The van der Waals surface area contributed by atoms with Gasteiger partial charge in [0.15, 0.2) is 9.84 Å². The van der Waals surface area contributed by atoms with Crippen molar-refractivity contribution in [1.82, 2.24) is 4.90 Å². The van der Waals surface area contributed by atoms with E-state index in [-0.39, 0.29) is 23.3 Å². The Balaban J connectivity index is 2.14. The van der Waals surface area contributed by atoms with Gasteiger partial charge in [-0.2, -0.15) is 0 Å². The van der Waals surface area contributed by atoms with Crippen molar-refractivity contribution >= 4 is 9.84 Å². The first-order valence-corrected chi connectivity index (χ1v) is 7.64. The number of sulfone groups is 1. The van der Waals surface area contributed by atoms with Gasteiger partial charge < -0.3 is 5.11 Å². The smallest absolute Gasteiger partial charge is 0.152 e. The maximum atomic E-state index is 13.7. The standard InChI is InChI=1S/C12H16FNO3S/c1-9(11-3-2-10(15)8-12(11)13)14-4-6-18(16,17)7-5-14/h2-3,8-9,15H,4-7H2,1H3. The molecule has 1 saturated heterocycles. The summed E-state index contributed by atoms with van der Waals surface area (Å²) in [5, 5.41) is 9.17. The van der Waals surface area contributed by atoms with E-state index < -0.39 is 15.7 Å². The molecule has 1 aromatic rings. The molecule has 1 unspecified atom stereocenters. The molecule has 18 heavy (non-hydrogen) atoms. The molecule has 100 valence electrons. The first-order valence-electron chi connectivity index (χ1n) is 5.82. The van der Waals surface area contributed by atoms with Crippen LogP contribution in [0.5, 0.6) is 5.75 Å². The maximum absolute atomic E-state index is 13.7. The van der Waals surface area contributed by atoms with E-state index in [0.29, 0.717) is 18.7 Å². The van der Waals surface area contributed by atoms with Gasteiger partial charge in [-0.05, 0) is 13.0 Å². The molecule has 0 aromatic heterocycles. The van der Waals surface area contributed by atoms with Gasteiger partial charge in [0.05, 0.1) is 11.5 Å². The minimum Gasteiger partial charge on any atom is -0.508 e. The lowest BCUT2D eigenvalue weighted by Crippen LogP contribution is -2.41. The average Bonchev–Trinajstić information content (AvgIpc) is 2.28. The molecule has 0 saturated carbocycles. The van der Waals surface area contributed by atoms with Crippen LogP contribution in [0.25, 0.3) is 0 Å². The van der Waals surface area contributed by atoms with Crippen molar-refractivity contribution < 1.29 is 17.9 Å². The van der Waals surface area contributed by atoms with Crippen molar-refractivity contribution in [2.75, 3.05) is 24.6 Å². The van der Waals surface area contributed by atoms with E-state index in [9.17, 15) is 12.8 Å². The van der Waals surface area contributed by atoms with Gasteiger partial charge in [-0.25, -0.2) is 12.8 Å². The molecule has 1 aromatic carbocycles. The van der Waals surface area contributed by atoms with E-state index in [1.807, 2.05) is 11.8 Å². The molecule has 4 nitrogen and oxygen atoms in total. The molecule has 1 N–H and O–H groups in total. The third-order valence-electron chi connectivity index (χ3n) is 3.36.